The number of thioether (sulfide) groups is 1. The number of nitrogens with zero attached hydrogens (tertiary/aromatic N) is 1. The maximum Gasteiger partial charge on any atom is 0.260 e. The predicted octanol–water partition coefficient (Wildman–Crippen LogP) is 5.32. The lowest BCUT2D eigenvalue weighted by atomic mass is 10.1. The number of benzene rings is 2. The van der Waals surface area contributed by atoms with Crippen LogP contribution in [0.2, 0.25) is 0 Å². The number of aromatic nitrogens is 2. The molecule has 28 heavy (non-hydrogen) atoms. The minimum atomic E-state index is -0.348. The van der Waals surface area contributed by atoms with Crippen molar-refractivity contribution in [1.29, 1.82) is 0 Å². The van der Waals surface area contributed by atoms with E-state index in [9.17, 15) is 9.59 Å². The summed E-state index contributed by atoms with van der Waals surface area (Å²) < 4.78 is 0. The molecule has 0 amide bonds. The van der Waals surface area contributed by atoms with Crippen molar-refractivity contribution in [3.05, 3.63) is 81.5 Å². The van der Waals surface area contributed by atoms with Gasteiger partial charge in [-0.3, -0.25) is 9.59 Å². The quantitative estimate of drug-likeness (QED) is 0.277. The lowest BCUT2D eigenvalue weighted by Crippen LogP contribution is -2.16. The number of ketones is 1. The van der Waals surface area contributed by atoms with Crippen molar-refractivity contribution in [2.75, 3.05) is 0 Å². The van der Waals surface area contributed by atoms with E-state index in [0.29, 0.717) is 20.9 Å². The summed E-state index contributed by atoms with van der Waals surface area (Å²) >= 11 is 2.72. The zero-order valence-electron chi connectivity index (χ0n) is 15.4. The summed E-state index contributed by atoms with van der Waals surface area (Å²) in [6.07, 6.45) is 0. The van der Waals surface area contributed by atoms with Gasteiger partial charge in [-0.1, -0.05) is 71.9 Å². The number of thiophene rings is 1. The second-order valence-electron chi connectivity index (χ2n) is 6.56. The molecule has 0 aliphatic rings. The van der Waals surface area contributed by atoms with E-state index in [1.54, 1.807) is 12.1 Å². The van der Waals surface area contributed by atoms with E-state index < -0.39 is 0 Å². The Hall–Kier alpha value is -2.70. The maximum absolute atomic E-state index is 12.8. The number of nitrogens with one attached hydrogen (secondary N) is 1. The van der Waals surface area contributed by atoms with Crippen LogP contribution in [-0.4, -0.2) is 21.0 Å². The summed E-state index contributed by atoms with van der Waals surface area (Å²) in [5.74, 6) is 0.0138. The molecule has 1 atom stereocenters. The summed E-state index contributed by atoms with van der Waals surface area (Å²) in [6.45, 7) is 3.86. The van der Waals surface area contributed by atoms with Gasteiger partial charge in [0.15, 0.2) is 10.9 Å². The van der Waals surface area contributed by atoms with Crippen LogP contribution in [0, 0.1) is 6.92 Å². The molecule has 2 heterocycles. The van der Waals surface area contributed by atoms with Gasteiger partial charge in [0.25, 0.3) is 5.56 Å². The zero-order chi connectivity index (χ0) is 19.7. The Kier molecular flexibility index (Phi) is 5.15. The van der Waals surface area contributed by atoms with Gasteiger partial charge >= 0.3 is 0 Å². The van der Waals surface area contributed by atoms with Crippen molar-refractivity contribution < 1.29 is 4.79 Å². The Morgan fingerprint density at radius 3 is 2.54 bits per heavy atom. The van der Waals surface area contributed by atoms with Gasteiger partial charge < -0.3 is 4.98 Å². The molecule has 0 aliphatic carbocycles. The van der Waals surface area contributed by atoms with Crippen molar-refractivity contribution in [3.63, 3.8) is 0 Å². The number of Topliss-reactive ketones (excluding diaryl/α,β-unsaturated/α-hetero) is 1. The smallest absolute Gasteiger partial charge is 0.260 e. The van der Waals surface area contributed by atoms with Crippen LogP contribution in [-0.2, 0) is 0 Å². The fraction of sp³-hybridized carbons (Fsp3) is 0.136. The SMILES string of the molecule is Cc1ccc(-c2csc3nc(S[C@H](C)C(=O)c4ccccc4)[nH]c(=O)c23)cc1. The van der Waals surface area contributed by atoms with E-state index in [-0.39, 0.29) is 16.6 Å². The highest BCUT2D eigenvalue weighted by molar-refractivity contribution is 8.00. The Bertz CT molecular complexity index is 1190. The number of H-pyrrole nitrogens is 1. The van der Waals surface area contributed by atoms with Crippen LogP contribution >= 0.6 is 23.1 Å². The summed E-state index contributed by atoms with van der Waals surface area (Å²) in [7, 11) is 0. The molecule has 140 valence electrons. The monoisotopic (exact) mass is 406 g/mol. The Labute approximate surface area is 170 Å². The third kappa shape index (κ3) is 3.66. The number of aromatic amines is 1. The van der Waals surface area contributed by atoms with E-state index in [2.05, 4.69) is 9.97 Å². The minimum Gasteiger partial charge on any atom is -0.301 e. The standard InChI is InChI=1S/C22H18N2O2S2/c1-13-8-10-15(11-9-13)17-12-27-21-18(17)20(26)23-22(24-21)28-14(2)19(25)16-6-4-3-5-7-16/h3-12,14H,1-2H3,(H,23,24,26)/t14-/m1/s1. The van der Waals surface area contributed by atoms with Gasteiger partial charge in [-0.05, 0) is 19.4 Å². The number of hydrogen-bond donors (Lipinski definition) is 1. The average molecular weight is 407 g/mol. The largest absolute Gasteiger partial charge is 0.301 e. The highest BCUT2D eigenvalue weighted by Gasteiger charge is 2.19. The van der Waals surface area contributed by atoms with Crippen molar-refractivity contribution >= 4 is 39.1 Å². The number of fused-ring (bicyclic) bond motifs is 1. The fourth-order valence-electron chi connectivity index (χ4n) is 2.99. The Morgan fingerprint density at radius 1 is 1.11 bits per heavy atom. The average Bonchev–Trinajstić information content (AvgIpc) is 3.13. The van der Waals surface area contributed by atoms with Crippen LogP contribution in [0.3, 0.4) is 0 Å². The van der Waals surface area contributed by atoms with Crippen molar-refractivity contribution in [3.8, 4) is 11.1 Å². The molecule has 0 unspecified atom stereocenters. The first kappa shape index (κ1) is 18.7. The van der Waals surface area contributed by atoms with Crippen molar-refractivity contribution in [2.45, 2.75) is 24.3 Å². The maximum atomic E-state index is 12.8. The summed E-state index contributed by atoms with van der Waals surface area (Å²) in [4.78, 5) is 33.4. The number of aryl methyl sites for hydroxylation is 1. The van der Waals surface area contributed by atoms with Gasteiger partial charge in [-0.15, -0.1) is 11.3 Å². The van der Waals surface area contributed by atoms with Gasteiger partial charge in [0.1, 0.15) is 4.83 Å². The van der Waals surface area contributed by atoms with Gasteiger partial charge in [0.05, 0.1) is 10.6 Å². The van der Waals surface area contributed by atoms with Crippen LogP contribution in [0.15, 0.2) is 69.9 Å². The molecular formula is C22H18N2O2S2. The number of rotatable bonds is 5. The van der Waals surface area contributed by atoms with Gasteiger partial charge in [0.2, 0.25) is 0 Å². The topological polar surface area (TPSA) is 62.8 Å². The Balaban J connectivity index is 1.64. The first-order valence-corrected chi connectivity index (χ1v) is 10.6. The molecule has 0 radical (unpaired) electrons. The molecule has 0 aliphatic heterocycles. The third-order valence-electron chi connectivity index (χ3n) is 4.50. The van der Waals surface area contributed by atoms with Crippen molar-refractivity contribution in [2.24, 2.45) is 0 Å². The first-order valence-electron chi connectivity index (χ1n) is 8.87. The molecule has 4 nitrogen and oxygen atoms in total. The first-order chi connectivity index (χ1) is 13.5. The molecule has 4 aromatic rings. The van der Waals surface area contributed by atoms with Crippen LogP contribution in [0.5, 0.6) is 0 Å². The molecule has 0 fully saturated rings. The van der Waals surface area contributed by atoms with Crippen LogP contribution < -0.4 is 5.56 Å². The van der Waals surface area contributed by atoms with Gasteiger partial charge in [-0.2, -0.15) is 0 Å². The molecule has 2 aromatic carbocycles. The predicted molar refractivity (Wildman–Crippen MR) is 117 cm³/mol. The van der Waals surface area contributed by atoms with Crippen LogP contribution in [0.4, 0.5) is 0 Å². The normalized spacial score (nSPS) is 12.2. The van der Waals surface area contributed by atoms with Gasteiger partial charge in [-0.25, -0.2) is 4.98 Å². The number of carbonyl (C=O) groups is 1. The lowest BCUT2D eigenvalue weighted by Gasteiger charge is -2.09. The molecule has 0 bridgehead atoms. The fourth-order valence-corrected chi connectivity index (χ4v) is 4.87. The molecule has 2 aromatic heterocycles. The third-order valence-corrected chi connectivity index (χ3v) is 6.36. The van der Waals surface area contributed by atoms with E-state index >= 15 is 0 Å². The molecule has 0 spiro atoms. The zero-order valence-corrected chi connectivity index (χ0v) is 17.1. The van der Waals surface area contributed by atoms with Crippen LogP contribution in [0.25, 0.3) is 21.3 Å². The summed E-state index contributed by atoms with van der Waals surface area (Å²) in [6, 6.07) is 17.2. The molecule has 0 saturated heterocycles. The highest BCUT2D eigenvalue weighted by Crippen LogP contribution is 2.32. The highest BCUT2D eigenvalue weighted by atomic mass is 32.2. The van der Waals surface area contributed by atoms with E-state index in [0.717, 1.165) is 11.1 Å². The van der Waals surface area contributed by atoms with E-state index in [1.165, 1.54) is 28.7 Å². The molecule has 6 heteroatoms. The van der Waals surface area contributed by atoms with E-state index in [1.807, 2.05) is 61.7 Å². The van der Waals surface area contributed by atoms with Gasteiger partial charge in [0, 0.05) is 16.5 Å². The summed E-state index contributed by atoms with van der Waals surface area (Å²) in [5.41, 5.74) is 3.54. The van der Waals surface area contributed by atoms with Crippen molar-refractivity contribution in [1.82, 2.24) is 9.97 Å². The number of hydrogen-bond acceptors (Lipinski definition) is 5. The molecular weight excluding hydrogens is 388 g/mol. The second kappa shape index (κ2) is 7.73. The summed E-state index contributed by atoms with van der Waals surface area (Å²) in [5, 5.41) is 2.68. The van der Waals surface area contributed by atoms with E-state index in [4.69, 9.17) is 0 Å². The molecule has 0 saturated carbocycles. The molecule has 1 N–H and O–H groups in total. The lowest BCUT2D eigenvalue weighted by molar-refractivity contribution is 0.0994. The number of carbonyl (C=O) groups excluding carboxylic acids is 1. The minimum absolute atomic E-state index is 0.0138. The molecule has 4 rings (SSSR count). The van der Waals surface area contributed by atoms with Crippen LogP contribution in [0.1, 0.15) is 22.8 Å². The Morgan fingerprint density at radius 2 is 1.82 bits per heavy atom. The second-order valence-corrected chi connectivity index (χ2v) is 8.74.